The van der Waals surface area contributed by atoms with E-state index in [9.17, 15) is 4.79 Å². The zero-order chi connectivity index (χ0) is 14.0. The van der Waals surface area contributed by atoms with E-state index in [1.165, 1.54) is 16.8 Å². The normalized spacial score (nSPS) is 14.7. The molecule has 0 saturated carbocycles. The Bertz CT molecular complexity index is 543. The van der Waals surface area contributed by atoms with Gasteiger partial charge in [-0.1, -0.05) is 36.1 Å². The monoisotopic (exact) mass is 311 g/mol. The predicted molar refractivity (Wildman–Crippen MR) is 87.2 cm³/mol. The molecule has 0 atom stereocenters. The van der Waals surface area contributed by atoms with Gasteiger partial charge in [0.1, 0.15) is 0 Å². The first-order valence-corrected chi connectivity index (χ1v) is 7.42. The third kappa shape index (κ3) is 3.43. The van der Waals surface area contributed by atoms with E-state index in [1.54, 1.807) is 0 Å². The predicted octanol–water partition coefficient (Wildman–Crippen LogP) is 2.37. The molecule has 19 heavy (non-hydrogen) atoms. The number of rotatable bonds is 2. The molecule has 2 N–H and O–H groups in total. The minimum atomic E-state index is -0.0832. The summed E-state index contributed by atoms with van der Waals surface area (Å²) in [6.07, 6.45) is 0. The number of benzene rings is 1. The minimum Gasteiger partial charge on any atom is -0.331 e. The Morgan fingerprint density at radius 2 is 2.16 bits per heavy atom. The van der Waals surface area contributed by atoms with Gasteiger partial charge in [-0.25, -0.2) is 5.01 Å². The second-order valence-electron chi connectivity index (χ2n) is 4.17. The van der Waals surface area contributed by atoms with E-state index in [1.807, 2.05) is 32.0 Å². The fourth-order valence-electron chi connectivity index (χ4n) is 1.58. The van der Waals surface area contributed by atoms with E-state index in [4.69, 9.17) is 24.4 Å². The summed E-state index contributed by atoms with van der Waals surface area (Å²) in [5, 5.41) is 4.74. The fourth-order valence-corrected chi connectivity index (χ4v) is 2.76. The van der Waals surface area contributed by atoms with Crippen molar-refractivity contribution >= 4 is 57.2 Å². The molecule has 0 spiro atoms. The van der Waals surface area contributed by atoms with Gasteiger partial charge in [0.05, 0.1) is 5.75 Å². The van der Waals surface area contributed by atoms with Crippen LogP contribution < -0.4 is 10.7 Å². The number of aryl methyl sites for hydroxylation is 2. The number of anilines is 1. The van der Waals surface area contributed by atoms with Gasteiger partial charge in [0.25, 0.3) is 5.91 Å². The van der Waals surface area contributed by atoms with Crippen LogP contribution in [0.4, 0.5) is 5.69 Å². The number of nitrogens with zero attached hydrogens (tertiary/aromatic N) is 1. The van der Waals surface area contributed by atoms with E-state index in [2.05, 4.69) is 10.7 Å². The van der Waals surface area contributed by atoms with Crippen LogP contribution in [0.5, 0.6) is 0 Å². The highest BCUT2D eigenvalue weighted by molar-refractivity contribution is 8.23. The van der Waals surface area contributed by atoms with Gasteiger partial charge in [-0.3, -0.25) is 10.2 Å². The van der Waals surface area contributed by atoms with E-state index in [-0.39, 0.29) is 5.91 Å². The Morgan fingerprint density at radius 3 is 2.79 bits per heavy atom. The summed E-state index contributed by atoms with van der Waals surface area (Å²) >= 11 is 11.6. The largest absolute Gasteiger partial charge is 0.331 e. The van der Waals surface area contributed by atoms with Crippen molar-refractivity contribution in [2.45, 2.75) is 13.8 Å². The molecule has 100 valence electrons. The minimum absolute atomic E-state index is 0.0832. The van der Waals surface area contributed by atoms with Crippen LogP contribution in [-0.4, -0.2) is 26.1 Å². The summed E-state index contributed by atoms with van der Waals surface area (Å²) in [6, 6.07) is 6.05. The van der Waals surface area contributed by atoms with Crippen LogP contribution in [0.2, 0.25) is 0 Å². The third-order valence-electron chi connectivity index (χ3n) is 2.61. The molecule has 0 aromatic heterocycles. The van der Waals surface area contributed by atoms with Gasteiger partial charge in [-0.15, -0.1) is 0 Å². The summed E-state index contributed by atoms with van der Waals surface area (Å²) < 4.78 is 0.495. The molecular weight excluding hydrogens is 298 g/mol. The number of thiocarbonyl (C=S) groups is 2. The van der Waals surface area contributed by atoms with Crippen LogP contribution in [0.1, 0.15) is 11.1 Å². The van der Waals surface area contributed by atoms with Crippen LogP contribution in [0, 0.1) is 13.8 Å². The maximum absolute atomic E-state index is 11.6. The Balaban J connectivity index is 2.03. The molecular formula is C12H13N3OS3. The number of nitrogens with one attached hydrogen (secondary N) is 2. The molecule has 0 bridgehead atoms. The topological polar surface area (TPSA) is 44.4 Å². The molecule has 1 heterocycles. The number of hydrogen-bond acceptors (Lipinski definition) is 4. The third-order valence-corrected chi connectivity index (χ3v) is 4.16. The van der Waals surface area contributed by atoms with Crippen molar-refractivity contribution in [2.24, 2.45) is 0 Å². The quantitative estimate of drug-likeness (QED) is 0.818. The Hall–Kier alpha value is -1.18. The molecule has 0 unspecified atom stereocenters. The zero-order valence-electron chi connectivity index (χ0n) is 10.5. The Labute approximate surface area is 126 Å². The van der Waals surface area contributed by atoms with Crippen LogP contribution in [0.15, 0.2) is 18.2 Å². The van der Waals surface area contributed by atoms with Crippen LogP contribution in [-0.2, 0) is 4.79 Å². The van der Waals surface area contributed by atoms with Crippen molar-refractivity contribution in [3.8, 4) is 0 Å². The van der Waals surface area contributed by atoms with Crippen molar-refractivity contribution in [2.75, 3.05) is 11.1 Å². The molecule has 1 saturated heterocycles. The summed E-state index contributed by atoms with van der Waals surface area (Å²) in [4.78, 5) is 11.6. The van der Waals surface area contributed by atoms with Crippen LogP contribution in [0.25, 0.3) is 0 Å². The number of carbonyl (C=O) groups is 1. The SMILES string of the molecule is Cc1ccc(C)c(NC(=S)NN2C(=O)CSC2=S)c1. The molecule has 2 rings (SSSR count). The average Bonchev–Trinajstić information content (AvgIpc) is 2.65. The van der Waals surface area contributed by atoms with Gasteiger partial charge in [0, 0.05) is 5.69 Å². The van der Waals surface area contributed by atoms with Gasteiger partial charge in [-0.05, 0) is 43.3 Å². The van der Waals surface area contributed by atoms with Crippen molar-refractivity contribution in [1.29, 1.82) is 0 Å². The molecule has 0 aliphatic carbocycles. The molecule has 1 amide bonds. The van der Waals surface area contributed by atoms with Crippen LogP contribution >= 0.6 is 36.2 Å². The fraction of sp³-hybridized carbons (Fsp3) is 0.250. The zero-order valence-corrected chi connectivity index (χ0v) is 13.0. The van der Waals surface area contributed by atoms with Gasteiger partial charge >= 0.3 is 0 Å². The second kappa shape index (κ2) is 5.85. The van der Waals surface area contributed by atoms with Gasteiger partial charge < -0.3 is 5.32 Å². The first kappa shape index (κ1) is 14.2. The number of thioether (sulfide) groups is 1. The highest BCUT2D eigenvalue weighted by Gasteiger charge is 2.27. The highest BCUT2D eigenvalue weighted by atomic mass is 32.2. The van der Waals surface area contributed by atoms with Gasteiger partial charge in [0.15, 0.2) is 9.43 Å². The number of carbonyl (C=O) groups excluding carboxylic acids is 1. The number of hydrogen-bond donors (Lipinski definition) is 2. The summed E-state index contributed by atoms with van der Waals surface area (Å²) in [5.74, 6) is 0.276. The van der Waals surface area contributed by atoms with Crippen molar-refractivity contribution in [1.82, 2.24) is 10.4 Å². The first-order valence-electron chi connectivity index (χ1n) is 5.62. The van der Waals surface area contributed by atoms with Crippen LogP contribution in [0.3, 0.4) is 0 Å². The number of amides is 1. The smallest absolute Gasteiger partial charge is 0.257 e. The van der Waals surface area contributed by atoms with Gasteiger partial charge in [-0.2, -0.15) is 0 Å². The molecule has 1 aliphatic rings. The summed E-state index contributed by atoms with van der Waals surface area (Å²) in [7, 11) is 0. The molecule has 1 aliphatic heterocycles. The Kier molecular flexibility index (Phi) is 4.38. The van der Waals surface area contributed by atoms with Crippen molar-refractivity contribution in [3.05, 3.63) is 29.3 Å². The maximum Gasteiger partial charge on any atom is 0.257 e. The Morgan fingerprint density at radius 1 is 1.42 bits per heavy atom. The first-order chi connectivity index (χ1) is 8.97. The van der Waals surface area contributed by atoms with E-state index >= 15 is 0 Å². The molecule has 1 aromatic rings. The van der Waals surface area contributed by atoms with Crippen molar-refractivity contribution in [3.63, 3.8) is 0 Å². The lowest BCUT2D eigenvalue weighted by Gasteiger charge is -2.19. The summed E-state index contributed by atoms with van der Waals surface area (Å²) in [5.41, 5.74) is 5.96. The summed E-state index contributed by atoms with van der Waals surface area (Å²) in [6.45, 7) is 4.00. The maximum atomic E-state index is 11.6. The highest BCUT2D eigenvalue weighted by Crippen LogP contribution is 2.18. The standard InChI is InChI=1S/C12H13N3OS3/c1-7-3-4-8(2)9(5-7)13-11(17)14-15-10(16)6-19-12(15)18/h3-5H,6H2,1-2H3,(H2,13,14,17). The van der Waals surface area contributed by atoms with Gasteiger partial charge in [0.2, 0.25) is 0 Å². The van der Waals surface area contributed by atoms with E-state index in [0.717, 1.165) is 16.8 Å². The molecule has 1 aromatic carbocycles. The molecule has 7 heteroatoms. The number of hydrazine groups is 1. The lowest BCUT2D eigenvalue weighted by molar-refractivity contribution is -0.125. The van der Waals surface area contributed by atoms with E-state index in [0.29, 0.717) is 15.2 Å². The molecule has 0 radical (unpaired) electrons. The van der Waals surface area contributed by atoms with E-state index < -0.39 is 0 Å². The lowest BCUT2D eigenvalue weighted by atomic mass is 10.1. The molecule has 4 nitrogen and oxygen atoms in total. The van der Waals surface area contributed by atoms with Crippen molar-refractivity contribution < 1.29 is 4.79 Å². The lowest BCUT2D eigenvalue weighted by Crippen LogP contribution is -2.46. The average molecular weight is 311 g/mol. The second-order valence-corrected chi connectivity index (χ2v) is 6.19. The molecule has 1 fully saturated rings.